The van der Waals surface area contributed by atoms with Crippen LogP contribution in [0.3, 0.4) is 0 Å². The maximum absolute atomic E-state index is 12.0. The van der Waals surface area contributed by atoms with Crippen LogP contribution in [-0.4, -0.2) is 86.2 Å². The Morgan fingerprint density at radius 2 is 1.70 bits per heavy atom. The third kappa shape index (κ3) is 5.20. The average Bonchev–Trinajstić information content (AvgIpc) is 3.41. The number of likely N-dealkylation sites (N-methyl/N-ethyl adjacent to an activating group) is 1. The van der Waals surface area contributed by atoms with Gasteiger partial charge in [0.1, 0.15) is 6.61 Å². The summed E-state index contributed by atoms with van der Waals surface area (Å²) >= 11 is 0. The van der Waals surface area contributed by atoms with Crippen molar-refractivity contribution in [2.75, 3.05) is 59.5 Å². The molecule has 0 aromatic rings. The molecule has 23 heavy (non-hydrogen) atoms. The van der Waals surface area contributed by atoms with Gasteiger partial charge in [0.15, 0.2) is 0 Å². The summed E-state index contributed by atoms with van der Waals surface area (Å²) in [4.78, 5) is 18.8. The minimum Gasteiger partial charge on any atom is -0.365 e. The number of hydrogen-bond donors (Lipinski definition) is 0. The third-order valence-electron chi connectivity index (χ3n) is 5.10. The highest BCUT2D eigenvalue weighted by atomic mass is 16.5. The van der Waals surface area contributed by atoms with Crippen molar-refractivity contribution >= 4 is 5.91 Å². The topological polar surface area (TPSA) is 36.0 Å². The van der Waals surface area contributed by atoms with Crippen molar-refractivity contribution in [3.63, 3.8) is 0 Å². The van der Waals surface area contributed by atoms with Crippen LogP contribution in [0.15, 0.2) is 0 Å². The van der Waals surface area contributed by atoms with Crippen molar-refractivity contribution < 1.29 is 9.53 Å². The number of hydrogen-bond acceptors (Lipinski definition) is 4. The third-order valence-corrected chi connectivity index (χ3v) is 5.10. The highest BCUT2D eigenvalue weighted by Gasteiger charge is 2.34. The first-order chi connectivity index (χ1) is 11.2. The van der Waals surface area contributed by atoms with E-state index in [0.717, 1.165) is 71.5 Å². The first-order valence-electron chi connectivity index (χ1n) is 8.99. The fraction of sp³-hybridized carbons (Fsp3) is 0.833. The van der Waals surface area contributed by atoms with E-state index < -0.39 is 0 Å². The number of piperidine rings is 1. The van der Waals surface area contributed by atoms with E-state index in [2.05, 4.69) is 28.7 Å². The highest BCUT2D eigenvalue weighted by Crippen LogP contribution is 2.32. The van der Waals surface area contributed by atoms with Crippen molar-refractivity contribution in [2.45, 2.75) is 31.8 Å². The molecule has 2 saturated heterocycles. The second-order valence-corrected chi connectivity index (χ2v) is 7.04. The molecule has 0 aromatic carbocycles. The number of ether oxygens (including phenoxy) is 1. The number of amides is 1. The van der Waals surface area contributed by atoms with E-state index in [0.29, 0.717) is 18.4 Å². The number of carbonyl (C=O) groups excluding carboxylic acids is 1. The Kier molecular flexibility index (Phi) is 5.93. The van der Waals surface area contributed by atoms with Gasteiger partial charge in [-0.25, -0.2) is 0 Å². The Bertz CT molecular complexity index is 451. The summed E-state index contributed by atoms with van der Waals surface area (Å²) in [5.74, 6) is 7.08. The Labute approximate surface area is 139 Å². The Morgan fingerprint density at radius 1 is 1.00 bits per heavy atom. The number of nitrogens with zero attached hydrogens (tertiary/aromatic N) is 3. The van der Waals surface area contributed by atoms with Crippen LogP contribution >= 0.6 is 0 Å². The molecular formula is C18H29N3O2. The first kappa shape index (κ1) is 16.8. The zero-order chi connectivity index (χ0) is 16.1. The molecule has 3 rings (SSSR count). The normalized spacial score (nSPS) is 24.3. The lowest BCUT2D eigenvalue weighted by Gasteiger charge is -2.31. The maximum atomic E-state index is 12.0. The standard InChI is InChI=1S/C18H29N3O2/c1-19-11-13-20(14-12-19)8-2-3-15-23-17-6-9-21(10-7-17)18(22)16-4-5-16/h16-17H,4-15H2,1H3. The molecule has 0 unspecified atom stereocenters. The molecule has 3 fully saturated rings. The summed E-state index contributed by atoms with van der Waals surface area (Å²) in [5, 5.41) is 0. The lowest BCUT2D eigenvalue weighted by atomic mass is 10.1. The smallest absolute Gasteiger partial charge is 0.225 e. The lowest BCUT2D eigenvalue weighted by molar-refractivity contribution is -0.135. The summed E-state index contributed by atoms with van der Waals surface area (Å²) in [6.45, 7) is 7.58. The zero-order valence-electron chi connectivity index (χ0n) is 14.3. The van der Waals surface area contributed by atoms with E-state index in [1.165, 1.54) is 0 Å². The van der Waals surface area contributed by atoms with Crippen molar-refractivity contribution in [3.05, 3.63) is 0 Å². The Balaban J connectivity index is 1.27. The fourth-order valence-corrected chi connectivity index (χ4v) is 3.22. The molecule has 0 N–H and O–H groups in total. The van der Waals surface area contributed by atoms with E-state index in [1.807, 2.05) is 4.90 Å². The van der Waals surface area contributed by atoms with Crippen LogP contribution in [0.25, 0.3) is 0 Å². The first-order valence-corrected chi connectivity index (χ1v) is 8.99. The number of piperazine rings is 1. The monoisotopic (exact) mass is 319 g/mol. The molecule has 5 nitrogen and oxygen atoms in total. The molecule has 2 heterocycles. The van der Waals surface area contributed by atoms with Crippen LogP contribution in [0.4, 0.5) is 0 Å². The molecule has 128 valence electrons. The van der Waals surface area contributed by atoms with E-state index in [1.54, 1.807) is 0 Å². The molecule has 2 aliphatic heterocycles. The van der Waals surface area contributed by atoms with Crippen LogP contribution in [0, 0.1) is 17.8 Å². The molecule has 3 aliphatic rings. The second kappa shape index (κ2) is 8.14. The van der Waals surface area contributed by atoms with Gasteiger partial charge >= 0.3 is 0 Å². The predicted molar refractivity (Wildman–Crippen MR) is 90.0 cm³/mol. The summed E-state index contributed by atoms with van der Waals surface area (Å²) in [7, 11) is 2.17. The highest BCUT2D eigenvalue weighted by molar-refractivity contribution is 5.81. The number of rotatable bonds is 4. The van der Waals surface area contributed by atoms with Gasteiger partial charge in [-0.2, -0.15) is 0 Å². The van der Waals surface area contributed by atoms with Gasteiger partial charge in [0.05, 0.1) is 12.6 Å². The van der Waals surface area contributed by atoms with Gasteiger partial charge in [0.2, 0.25) is 5.91 Å². The number of likely N-dealkylation sites (tertiary alicyclic amines) is 1. The molecule has 0 spiro atoms. The molecular weight excluding hydrogens is 290 g/mol. The quantitative estimate of drug-likeness (QED) is 0.713. The molecule has 5 heteroatoms. The van der Waals surface area contributed by atoms with Crippen molar-refractivity contribution in [2.24, 2.45) is 5.92 Å². The van der Waals surface area contributed by atoms with Gasteiger partial charge < -0.3 is 14.5 Å². The maximum Gasteiger partial charge on any atom is 0.225 e. The van der Waals surface area contributed by atoms with E-state index in [9.17, 15) is 4.79 Å². The molecule has 1 amide bonds. The molecule has 0 atom stereocenters. The SMILES string of the molecule is CN1CCN(CC#CCOC2CCN(C(=O)C3CC3)CC2)CC1. The molecule has 0 aromatic heterocycles. The summed E-state index contributed by atoms with van der Waals surface area (Å²) < 4.78 is 5.86. The van der Waals surface area contributed by atoms with Gasteiger partial charge in [-0.1, -0.05) is 11.8 Å². The molecule has 0 radical (unpaired) electrons. The van der Waals surface area contributed by atoms with Crippen molar-refractivity contribution in [1.82, 2.24) is 14.7 Å². The summed E-state index contributed by atoms with van der Waals surface area (Å²) in [5.41, 5.74) is 0. The molecule has 0 bridgehead atoms. The average molecular weight is 319 g/mol. The van der Waals surface area contributed by atoms with Gasteiger partial charge in [-0.3, -0.25) is 9.69 Å². The second-order valence-electron chi connectivity index (χ2n) is 7.04. The predicted octanol–water partition coefficient (Wildman–Crippen LogP) is 0.655. The van der Waals surface area contributed by atoms with Crippen molar-refractivity contribution in [1.29, 1.82) is 0 Å². The lowest BCUT2D eigenvalue weighted by Crippen LogP contribution is -2.44. The molecule has 1 aliphatic carbocycles. The van der Waals surface area contributed by atoms with Crippen LogP contribution in [-0.2, 0) is 9.53 Å². The van der Waals surface area contributed by atoms with E-state index in [-0.39, 0.29) is 6.10 Å². The van der Waals surface area contributed by atoms with Crippen LogP contribution in [0.5, 0.6) is 0 Å². The van der Waals surface area contributed by atoms with Crippen LogP contribution < -0.4 is 0 Å². The zero-order valence-corrected chi connectivity index (χ0v) is 14.3. The van der Waals surface area contributed by atoms with Crippen LogP contribution in [0.2, 0.25) is 0 Å². The largest absolute Gasteiger partial charge is 0.365 e. The summed E-state index contributed by atoms with van der Waals surface area (Å²) in [6.07, 6.45) is 4.38. The minimum absolute atomic E-state index is 0.274. The Hall–Kier alpha value is -1.09. The van der Waals surface area contributed by atoms with Crippen molar-refractivity contribution in [3.8, 4) is 11.8 Å². The molecule has 1 saturated carbocycles. The van der Waals surface area contributed by atoms with E-state index in [4.69, 9.17) is 4.74 Å². The Morgan fingerprint density at radius 3 is 2.35 bits per heavy atom. The minimum atomic E-state index is 0.274. The summed E-state index contributed by atoms with van der Waals surface area (Å²) in [6, 6.07) is 0. The van der Waals surface area contributed by atoms with Gasteiger partial charge in [0.25, 0.3) is 0 Å². The van der Waals surface area contributed by atoms with Gasteiger partial charge in [-0.05, 0) is 32.7 Å². The number of carbonyl (C=O) groups is 1. The van der Waals surface area contributed by atoms with E-state index >= 15 is 0 Å². The fourth-order valence-electron chi connectivity index (χ4n) is 3.22. The van der Waals surface area contributed by atoms with Crippen LogP contribution in [0.1, 0.15) is 25.7 Å². The van der Waals surface area contributed by atoms with Gasteiger partial charge in [0, 0.05) is 45.2 Å². The van der Waals surface area contributed by atoms with Gasteiger partial charge in [-0.15, -0.1) is 0 Å².